The highest BCUT2D eigenvalue weighted by Gasteiger charge is 2.33. The fourth-order valence-electron chi connectivity index (χ4n) is 1.29. The van der Waals surface area contributed by atoms with Gasteiger partial charge in [-0.3, -0.25) is 4.79 Å². The highest BCUT2D eigenvalue weighted by Crippen LogP contribution is 2.24. The average Bonchev–Trinajstić information content (AvgIpc) is 2.50. The van der Waals surface area contributed by atoms with Crippen LogP contribution in [0, 0.1) is 0 Å². The van der Waals surface area contributed by atoms with Gasteiger partial charge >= 0.3 is 0 Å². The molecule has 2 rings (SSSR count). The summed E-state index contributed by atoms with van der Waals surface area (Å²) in [7, 11) is 0. The number of carbonyl (C=O) groups is 1. The number of nitrogens with two attached hydrogens (primary N) is 1. The molecule has 1 atom stereocenters. The second-order valence-corrected chi connectivity index (χ2v) is 5.58. The van der Waals surface area contributed by atoms with Crippen LogP contribution in [0.1, 0.15) is 4.88 Å². The van der Waals surface area contributed by atoms with E-state index in [9.17, 15) is 4.79 Å². The zero-order valence-electron chi connectivity index (χ0n) is 6.87. The van der Waals surface area contributed by atoms with Gasteiger partial charge in [0.15, 0.2) is 0 Å². The normalized spacial score (nSPS) is 21.8. The second-order valence-electron chi connectivity index (χ2n) is 3.03. The molecule has 70 valence electrons. The number of hydrogen-bond acceptors (Lipinski definition) is 3. The summed E-state index contributed by atoms with van der Waals surface area (Å²) in [5, 5.41) is 0. The van der Waals surface area contributed by atoms with Crippen LogP contribution in [0.3, 0.4) is 0 Å². The summed E-state index contributed by atoms with van der Waals surface area (Å²) in [6, 6.07) is 3.75. The molecule has 0 radical (unpaired) electrons. The van der Waals surface area contributed by atoms with Crippen molar-refractivity contribution >= 4 is 33.2 Å². The molecule has 0 bridgehead atoms. The predicted molar refractivity (Wildman–Crippen MR) is 55.4 cm³/mol. The van der Waals surface area contributed by atoms with E-state index in [4.69, 9.17) is 5.73 Å². The largest absolute Gasteiger partial charge is 0.334 e. The Labute approximate surface area is 88.7 Å². The lowest BCUT2D eigenvalue weighted by molar-refractivity contribution is -0.143. The van der Waals surface area contributed by atoms with Gasteiger partial charge in [-0.15, -0.1) is 11.3 Å². The lowest BCUT2D eigenvalue weighted by Crippen LogP contribution is -2.60. The van der Waals surface area contributed by atoms with Gasteiger partial charge in [0.2, 0.25) is 5.91 Å². The number of hydrogen-bond donors (Lipinski definition) is 1. The van der Waals surface area contributed by atoms with Crippen molar-refractivity contribution in [2.45, 2.75) is 12.6 Å². The van der Waals surface area contributed by atoms with Crippen molar-refractivity contribution in [2.24, 2.45) is 5.73 Å². The molecule has 0 aromatic carbocycles. The Morgan fingerprint density at radius 1 is 1.69 bits per heavy atom. The van der Waals surface area contributed by atoms with Crippen LogP contribution in [0.2, 0.25) is 0 Å². The summed E-state index contributed by atoms with van der Waals surface area (Å²) < 4.78 is 1.10. The molecule has 5 heteroatoms. The van der Waals surface area contributed by atoms with Gasteiger partial charge < -0.3 is 10.6 Å². The van der Waals surface area contributed by atoms with Gasteiger partial charge in [-0.1, -0.05) is 0 Å². The molecule has 3 nitrogen and oxygen atoms in total. The minimum Gasteiger partial charge on any atom is -0.334 e. The lowest BCUT2D eigenvalue weighted by atomic mass is 10.1. The smallest absolute Gasteiger partial charge is 0.241 e. The SMILES string of the molecule is NC1CN(Cc2ccc(Br)s2)C1=O. The van der Waals surface area contributed by atoms with Crippen molar-refractivity contribution in [2.75, 3.05) is 6.54 Å². The monoisotopic (exact) mass is 260 g/mol. The summed E-state index contributed by atoms with van der Waals surface area (Å²) in [4.78, 5) is 14.1. The minimum absolute atomic E-state index is 0.0597. The molecular formula is C8H9BrN2OS. The van der Waals surface area contributed by atoms with Crippen molar-refractivity contribution in [3.05, 3.63) is 20.8 Å². The Morgan fingerprint density at radius 2 is 2.46 bits per heavy atom. The van der Waals surface area contributed by atoms with Crippen LogP contribution >= 0.6 is 27.3 Å². The van der Waals surface area contributed by atoms with Crippen molar-refractivity contribution in [1.29, 1.82) is 0 Å². The molecule has 0 spiro atoms. The van der Waals surface area contributed by atoms with E-state index in [1.165, 1.54) is 4.88 Å². The van der Waals surface area contributed by atoms with E-state index in [0.29, 0.717) is 13.1 Å². The highest BCUT2D eigenvalue weighted by molar-refractivity contribution is 9.11. The molecule has 13 heavy (non-hydrogen) atoms. The Kier molecular flexibility index (Phi) is 2.40. The summed E-state index contributed by atoms with van der Waals surface area (Å²) in [6.07, 6.45) is 0. The quantitative estimate of drug-likeness (QED) is 0.812. The van der Waals surface area contributed by atoms with Gasteiger partial charge in [-0.2, -0.15) is 0 Å². The molecule has 1 aromatic rings. The highest BCUT2D eigenvalue weighted by atomic mass is 79.9. The Balaban J connectivity index is 1.96. The fourth-order valence-corrected chi connectivity index (χ4v) is 2.79. The lowest BCUT2D eigenvalue weighted by Gasteiger charge is -2.35. The molecule has 1 aromatic heterocycles. The number of likely N-dealkylation sites (tertiary alicyclic amines) is 1. The summed E-state index contributed by atoms with van der Waals surface area (Å²) in [5.74, 6) is 0.0597. The second kappa shape index (κ2) is 3.40. The van der Waals surface area contributed by atoms with Crippen LogP contribution in [-0.4, -0.2) is 23.4 Å². The maximum atomic E-state index is 11.2. The van der Waals surface area contributed by atoms with Gasteiger partial charge in [0.05, 0.1) is 10.3 Å². The number of nitrogens with zero attached hydrogens (tertiary/aromatic N) is 1. The summed E-state index contributed by atoms with van der Waals surface area (Å²) in [5.41, 5.74) is 5.47. The Bertz CT molecular complexity index is 339. The van der Waals surface area contributed by atoms with E-state index >= 15 is 0 Å². The van der Waals surface area contributed by atoms with Crippen LogP contribution in [0.5, 0.6) is 0 Å². The Morgan fingerprint density at radius 3 is 2.92 bits per heavy atom. The first-order valence-electron chi connectivity index (χ1n) is 3.95. The molecule has 1 aliphatic heterocycles. The van der Waals surface area contributed by atoms with E-state index in [2.05, 4.69) is 15.9 Å². The van der Waals surface area contributed by atoms with Crippen LogP contribution in [0.4, 0.5) is 0 Å². The van der Waals surface area contributed by atoms with Crippen molar-refractivity contribution in [3.8, 4) is 0 Å². The van der Waals surface area contributed by atoms with E-state index in [1.54, 1.807) is 16.2 Å². The number of carbonyl (C=O) groups excluding carboxylic acids is 1. The number of β-lactam (4-membered cyclic amide) rings is 1. The minimum atomic E-state index is -0.261. The third kappa shape index (κ3) is 1.77. The van der Waals surface area contributed by atoms with E-state index in [1.807, 2.05) is 12.1 Å². The van der Waals surface area contributed by atoms with Crippen molar-refractivity contribution in [3.63, 3.8) is 0 Å². The molecule has 0 saturated carbocycles. The van der Waals surface area contributed by atoms with E-state index in [-0.39, 0.29) is 11.9 Å². The number of halogens is 1. The zero-order chi connectivity index (χ0) is 9.42. The van der Waals surface area contributed by atoms with Crippen molar-refractivity contribution < 1.29 is 4.79 Å². The molecule has 0 aliphatic carbocycles. The van der Waals surface area contributed by atoms with Gasteiger partial charge in [0.1, 0.15) is 6.04 Å². The first-order valence-corrected chi connectivity index (χ1v) is 5.56. The molecule has 1 aliphatic rings. The van der Waals surface area contributed by atoms with Crippen molar-refractivity contribution in [1.82, 2.24) is 4.90 Å². The van der Waals surface area contributed by atoms with Gasteiger partial charge in [-0.05, 0) is 28.1 Å². The standard InChI is InChI=1S/C8H9BrN2OS/c9-7-2-1-5(13-7)3-11-4-6(10)8(11)12/h1-2,6H,3-4,10H2. The first-order chi connectivity index (χ1) is 6.16. The van der Waals surface area contributed by atoms with Crippen LogP contribution in [-0.2, 0) is 11.3 Å². The third-order valence-electron chi connectivity index (χ3n) is 2.02. The number of rotatable bonds is 2. The number of thiophene rings is 1. The van der Waals surface area contributed by atoms with Gasteiger partial charge in [0, 0.05) is 11.4 Å². The average molecular weight is 261 g/mol. The molecule has 1 saturated heterocycles. The molecule has 1 fully saturated rings. The molecule has 1 amide bonds. The topological polar surface area (TPSA) is 46.3 Å². The number of amides is 1. The van der Waals surface area contributed by atoms with Gasteiger partial charge in [0.25, 0.3) is 0 Å². The zero-order valence-corrected chi connectivity index (χ0v) is 9.27. The summed E-state index contributed by atoms with van der Waals surface area (Å²) in [6.45, 7) is 1.39. The Hall–Kier alpha value is -0.390. The molecular weight excluding hydrogens is 252 g/mol. The van der Waals surface area contributed by atoms with Crippen LogP contribution in [0.15, 0.2) is 15.9 Å². The van der Waals surface area contributed by atoms with E-state index < -0.39 is 0 Å². The van der Waals surface area contributed by atoms with E-state index in [0.717, 1.165) is 3.79 Å². The van der Waals surface area contributed by atoms with Gasteiger partial charge in [-0.25, -0.2) is 0 Å². The van der Waals surface area contributed by atoms with Crippen LogP contribution < -0.4 is 5.73 Å². The maximum Gasteiger partial charge on any atom is 0.241 e. The van der Waals surface area contributed by atoms with Crippen LogP contribution in [0.25, 0.3) is 0 Å². The molecule has 2 heterocycles. The molecule has 1 unspecified atom stereocenters. The molecule has 2 N–H and O–H groups in total. The third-order valence-corrected chi connectivity index (χ3v) is 3.63. The first kappa shape index (κ1) is 9.18. The summed E-state index contributed by atoms with van der Waals surface area (Å²) >= 11 is 5.03. The fraction of sp³-hybridized carbons (Fsp3) is 0.375. The predicted octanol–water partition coefficient (Wildman–Crippen LogP) is 1.18. The maximum absolute atomic E-state index is 11.2.